The fraction of sp³-hybridized carbons (Fsp3) is 0.231. The normalized spacial score (nSPS) is 15.0. The summed E-state index contributed by atoms with van der Waals surface area (Å²) in [6, 6.07) is 20.3. The van der Waals surface area contributed by atoms with E-state index < -0.39 is 5.97 Å². The van der Waals surface area contributed by atoms with Crippen molar-refractivity contribution in [2.75, 3.05) is 25.6 Å². The molecule has 3 aromatic carbocycles. The Balaban J connectivity index is 1.31. The molecule has 0 aliphatic carbocycles. The number of hydrogen-bond donors (Lipinski definition) is 1. The topological polar surface area (TPSA) is 83.1 Å². The minimum atomic E-state index is -0.480. The second-order valence-corrected chi connectivity index (χ2v) is 7.54. The van der Waals surface area contributed by atoms with Crippen LogP contribution in [0.4, 0.5) is 5.69 Å². The van der Waals surface area contributed by atoms with E-state index in [1.165, 1.54) is 7.11 Å². The number of carbonyl (C=O) groups excluding carboxylic acids is 2. The van der Waals surface area contributed by atoms with Crippen molar-refractivity contribution in [1.82, 2.24) is 0 Å². The zero-order chi connectivity index (χ0) is 23.0. The maximum Gasteiger partial charge on any atom is 0.343 e. The van der Waals surface area contributed by atoms with Crippen molar-refractivity contribution < 1.29 is 28.5 Å². The zero-order valence-electron chi connectivity index (χ0n) is 18.3. The van der Waals surface area contributed by atoms with Gasteiger partial charge in [0.15, 0.2) is 0 Å². The molecule has 7 heteroatoms. The van der Waals surface area contributed by atoms with Gasteiger partial charge in [-0.2, -0.15) is 0 Å². The predicted octanol–water partition coefficient (Wildman–Crippen LogP) is 4.72. The average molecular weight is 447 g/mol. The fourth-order valence-corrected chi connectivity index (χ4v) is 3.46. The number of nitrogens with one attached hydrogen (secondary N) is 1. The summed E-state index contributed by atoms with van der Waals surface area (Å²) in [5.74, 6) is 0.764. The van der Waals surface area contributed by atoms with Gasteiger partial charge >= 0.3 is 5.97 Å². The number of carbonyl (C=O) groups is 2. The lowest BCUT2D eigenvalue weighted by Crippen LogP contribution is -2.16. The van der Waals surface area contributed by atoms with Gasteiger partial charge in [0.2, 0.25) is 0 Å². The van der Waals surface area contributed by atoms with Crippen molar-refractivity contribution in [1.29, 1.82) is 0 Å². The molecule has 0 spiro atoms. The number of esters is 1. The molecular weight excluding hydrogens is 422 g/mol. The molecule has 1 amide bonds. The van der Waals surface area contributed by atoms with E-state index in [4.69, 9.17) is 18.9 Å². The molecule has 0 saturated carbocycles. The Morgan fingerprint density at radius 2 is 1.70 bits per heavy atom. The van der Waals surface area contributed by atoms with Crippen LogP contribution >= 0.6 is 0 Å². The number of ether oxygens (including phenoxy) is 4. The first-order valence-electron chi connectivity index (χ1n) is 10.7. The standard InChI is InChI=1S/C26H25NO6/c1-30-24-7-3-2-6-23(24)25(28)27-19-10-14-21(15-11-19)33-26(29)18-8-12-20(13-9-18)32-17-22-5-4-16-31-22/h2-3,6-15,22H,4-5,16-17H2,1H3,(H,27,28). The lowest BCUT2D eigenvalue weighted by Gasteiger charge is -2.12. The number of benzene rings is 3. The van der Waals surface area contributed by atoms with E-state index in [-0.39, 0.29) is 12.0 Å². The molecule has 1 atom stereocenters. The maximum atomic E-state index is 12.5. The van der Waals surface area contributed by atoms with Crippen LogP contribution in [0.25, 0.3) is 0 Å². The number of amides is 1. The van der Waals surface area contributed by atoms with Gasteiger partial charge in [0.05, 0.1) is 24.3 Å². The first kappa shape index (κ1) is 22.4. The molecule has 1 fully saturated rings. The van der Waals surface area contributed by atoms with Crippen LogP contribution in [0.3, 0.4) is 0 Å². The second-order valence-electron chi connectivity index (χ2n) is 7.54. The van der Waals surface area contributed by atoms with E-state index in [9.17, 15) is 9.59 Å². The number of methoxy groups -OCH3 is 1. The highest BCUT2D eigenvalue weighted by Crippen LogP contribution is 2.22. The molecule has 33 heavy (non-hydrogen) atoms. The predicted molar refractivity (Wildman–Crippen MR) is 123 cm³/mol. The van der Waals surface area contributed by atoms with Gasteiger partial charge in [-0.15, -0.1) is 0 Å². The molecule has 1 saturated heterocycles. The fourth-order valence-electron chi connectivity index (χ4n) is 3.46. The Labute approximate surface area is 192 Å². The Bertz CT molecular complexity index is 1090. The number of rotatable bonds is 8. The molecule has 0 bridgehead atoms. The van der Waals surface area contributed by atoms with Crippen LogP contribution in [0.2, 0.25) is 0 Å². The minimum absolute atomic E-state index is 0.136. The Morgan fingerprint density at radius 3 is 2.39 bits per heavy atom. The second kappa shape index (κ2) is 10.7. The molecule has 4 rings (SSSR count). The van der Waals surface area contributed by atoms with Crippen molar-refractivity contribution in [2.24, 2.45) is 0 Å². The summed E-state index contributed by atoms with van der Waals surface area (Å²) in [6.45, 7) is 1.29. The van der Waals surface area contributed by atoms with E-state index in [1.54, 1.807) is 72.8 Å². The molecule has 1 aliphatic heterocycles. The lowest BCUT2D eigenvalue weighted by molar-refractivity contribution is 0.0678. The molecule has 1 heterocycles. The number of para-hydroxylation sites is 1. The Hall–Kier alpha value is -3.84. The van der Waals surface area contributed by atoms with Gasteiger partial charge in [-0.25, -0.2) is 4.79 Å². The van der Waals surface area contributed by atoms with Gasteiger partial charge < -0.3 is 24.3 Å². The summed E-state index contributed by atoms with van der Waals surface area (Å²) in [5, 5.41) is 2.80. The third-order valence-electron chi connectivity index (χ3n) is 5.22. The summed E-state index contributed by atoms with van der Waals surface area (Å²) in [5.41, 5.74) is 1.41. The van der Waals surface area contributed by atoms with Crippen LogP contribution < -0.4 is 19.5 Å². The smallest absolute Gasteiger partial charge is 0.343 e. The van der Waals surface area contributed by atoms with Gasteiger partial charge in [0.1, 0.15) is 23.9 Å². The summed E-state index contributed by atoms with van der Waals surface area (Å²) < 4.78 is 21.9. The largest absolute Gasteiger partial charge is 0.496 e. The first-order valence-corrected chi connectivity index (χ1v) is 10.7. The van der Waals surface area contributed by atoms with Crippen LogP contribution in [0.1, 0.15) is 33.6 Å². The van der Waals surface area contributed by atoms with E-state index in [2.05, 4.69) is 5.32 Å². The third kappa shape index (κ3) is 5.90. The van der Waals surface area contributed by atoms with Crippen molar-refractivity contribution >= 4 is 17.6 Å². The quantitative estimate of drug-likeness (QED) is 0.397. The van der Waals surface area contributed by atoms with Gasteiger partial charge in [-0.1, -0.05) is 12.1 Å². The summed E-state index contributed by atoms with van der Waals surface area (Å²) in [4.78, 5) is 24.9. The van der Waals surface area contributed by atoms with E-state index in [0.29, 0.717) is 40.7 Å². The molecule has 170 valence electrons. The zero-order valence-corrected chi connectivity index (χ0v) is 18.3. The highest BCUT2D eigenvalue weighted by molar-refractivity contribution is 6.06. The van der Waals surface area contributed by atoms with Gasteiger partial charge in [0.25, 0.3) is 5.91 Å². The summed E-state index contributed by atoms with van der Waals surface area (Å²) >= 11 is 0. The van der Waals surface area contributed by atoms with Gasteiger partial charge in [0, 0.05) is 12.3 Å². The van der Waals surface area contributed by atoms with E-state index >= 15 is 0 Å². The van der Waals surface area contributed by atoms with Crippen LogP contribution in [0.5, 0.6) is 17.2 Å². The Kier molecular flexibility index (Phi) is 7.22. The molecule has 0 radical (unpaired) electrons. The Morgan fingerprint density at radius 1 is 0.970 bits per heavy atom. The molecule has 0 aromatic heterocycles. The first-order chi connectivity index (χ1) is 16.1. The van der Waals surface area contributed by atoms with Gasteiger partial charge in [-0.3, -0.25) is 4.79 Å². The summed E-state index contributed by atoms with van der Waals surface area (Å²) in [6.07, 6.45) is 2.21. The average Bonchev–Trinajstić information content (AvgIpc) is 3.38. The molecule has 1 unspecified atom stereocenters. The molecule has 3 aromatic rings. The van der Waals surface area contributed by atoms with Crippen molar-refractivity contribution in [3.05, 3.63) is 83.9 Å². The monoisotopic (exact) mass is 447 g/mol. The van der Waals surface area contributed by atoms with E-state index in [1.807, 2.05) is 0 Å². The molecule has 7 nitrogen and oxygen atoms in total. The van der Waals surface area contributed by atoms with Crippen molar-refractivity contribution in [2.45, 2.75) is 18.9 Å². The van der Waals surface area contributed by atoms with Crippen LogP contribution in [0.15, 0.2) is 72.8 Å². The maximum absolute atomic E-state index is 12.5. The number of hydrogen-bond acceptors (Lipinski definition) is 6. The van der Waals surface area contributed by atoms with Crippen LogP contribution in [-0.2, 0) is 4.74 Å². The van der Waals surface area contributed by atoms with Gasteiger partial charge in [-0.05, 0) is 73.5 Å². The van der Waals surface area contributed by atoms with Crippen molar-refractivity contribution in [3.63, 3.8) is 0 Å². The van der Waals surface area contributed by atoms with Crippen LogP contribution in [0, 0.1) is 0 Å². The van der Waals surface area contributed by atoms with Crippen LogP contribution in [-0.4, -0.2) is 38.3 Å². The molecule has 1 N–H and O–H groups in total. The number of anilines is 1. The molecule has 1 aliphatic rings. The highest BCUT2D eigenvalue weighted by Gasteiger charge is 2.16. The highest BCUT2D eigenvalue weighted by atomic mass is 16.5. The van der Waals surface area contributed by atoms with E-state index in [0.717, 1.165) is 19.4 Å². The minimum Gasteiger partial charge on any atom is -0.496 e. The third-order valence-corrected chi connectivity index (χ3v) is 5.22. The lowest BCUT2D eigenvalue weighted by atomic mass is 10.2. The van der Waals surface area contributed by atoms with Crippen molar-refractivity contribution in [3.8, 4) is 17.2 Å². The summed E-state index contributed by atoms with van der Waals surface area (Å²) in [7, 11) is 1.52. The SMILES string of the molecule is COc1ccccc1C(=O)Nc1ccc(OC(=O)c2ccc(OCC3CCCO3)cc2)cc1. The molecular formula is C26H25NO6.